The monoisotopic (exact) mass is 335 g/mol. The average molecular weight is 335 g/mol. The molecule has 0 spiro atoms. The van der Waals surface area contributed by atoms with E-state index in [2.05, 4.69) is 5.32 Å². The van der Waals surface area contributed by atoms with Crippen molar-refractivity contribution in [3.8, 4) is 11.1 Å². The van der Waals surface area contributed by atoms with Crippen molar-refractivity contribution in [2.45, 2.75) is 25.3 Å². The van der Waals surface area contributed by atoms with Crippen LogP contribution in [0.5, 0.6) is 0 Å². The Kier molecular flexibility index (Phi) is 3.76. The van der Waals surface area contributed by atoms with E-state index < -0.39 is 6.09 Å². The number of rotatable bonds is 5. The third-order valence-corrected chi connectivity index (χ3v) is 4.61. The molecule has 1 fully saturated rings. The number of hydrogen-bond donors (Lipinski definition) is 2. The summed E-state index contributed by atoms with van der Waals surface area (Å²) >= 11 is 0. The number of carboxylic acid groups (broad SMARTS) is 1. The molecule has 1 aliphatic carbocycles. The van der Waals surface area contributed by atoms with Gasteiger partial charge in [0.1, 0.15) is 11.9 Å². The fourth-order valence-electron chi connectivity index (χ4n) is 3.35. The number of nitrogens with one attached hydrogen (secondary N) is 1. The zero-order valence-electron chi connectivity index (χ0n) is 13.5. The van der Waals surface area contributed by atoms with E-state index >= 15 is 0 Å². The SMILES string of the molecule is O=Cc1cc(-c2cccc(CNC(=O)O)c2)c2occc2c1C1CC1. The van der Waals surface area contributed by atoms with E-state index in [0.717, 1.165) is 52.4 Å². The molecule has 1 saturated carbocycles. The largest absolute Gasteiger partial charge is 0.465 e. The van der Waals surface area contributed by atoms with Gasteiger partial charge in [0.25, 0.3) is 0 Å². The summed E-state index contributed by atoms with van der Waals surface area (Å²) in [5.41, 5.74) is 5.17. The quantitative estimate of drug-likeness (QED) is 0.670. The van der Waals surface area contributed by atoms with E-state index in [4.69, 9.17) is 9.52 Å². The van der Waals surface area contributed by atoms with Gasteiger partial charge < -0.3 is 14.8 Å². The van der Waals surface area contributed by atoms with Crippen molar-refractivity contribution in [3.63, 3.8) is 0 Å². The van der Waals surface area contributed by atoms with E-state index in [-0.39, 0.29) is 6.54 Å². The predicted molar refractivity (Wildman–Crippen MR) is 93.9 cm³/mol. The number of aldehydes is 1. The van der Waals surface area contributed by atoms with Gasteiger partial charge in [0.05, 0.1) is 6.26 Å². The van der Waals surface area contributed by atoms with Crippen molar-refractivity contribution in [2.24, 2.45) is 0 Å². The molecule has 0 saturated heterocycles. The first-order chi connectivity index (χ1) is 12.2. The lowest BCUT2D eigenvalue weighted by Crippen LogP contribution is -2.19. The van der Waals surface area contributed by atoms with Crippen molar-refractivity contribution in [1.29, 1.82) is 0 Å². The Morgan fingerprint density at radius 3 is 2.84 bits per heavy atom. The van der Waals surface area contributed by atoms with Crippen LogP contribution in [0.4, 0.5) is 4.79 Å². The Morgan fingerprint density at radius 1 is 1.28 bits per heavy atom. The van der Waals surface area contributed by atoms with Crippen molar-refractivity contribution >= 4 is 23.3 Å². The molecule has 0 bridgehead atoms. The van der Waals surface area contributed by atoms with Gasteiger partial charge in [-0.3, -0.25) is 4.79 Å². The Labute approximate surface area is 144 Å². The minimum atomic E-state index is -1.06. The lowest BCUT2D eigenvalue weighted by molar-refractivity contribution is 0.112. The molecule has 0 aliphatic heterocycles. The van der Waals surface area contributed by atoms with E-state index in [1.807, 2.05) is 36.4 Å². The molecule has 0 radical (unpaired) electrons. The summed E-state index contributed by atoms with van der Waals surface area (Å²) in [6.07, 6.45) is 3.73. The van der Waals surface area contributed by atoms with Crippen LogP contribution in [0.15, 0.2) is 47.1 Å². The van der Waals surface area contributed by atoms with E-state index in [9.17, 15) is 9.59 Å². The highest BCUT2D eigenvalue weighted by Crippen LogP contribution is 2.46. The number of benzene rings is 2. The second-order valence-electron chi connectivity index (χ2n) is 6.34. The molecule has 1 amide bonds. The summed E-state index contributed by atoms with van der Waals surface area (Å²) < 4.78 is 5.73. The topological polar surface area (TPSA) is 79.5 Å². The molecular formula is C20H17NO4. The third kappa shape index (κ3) is 2.89. The first-order valence-electron chi connectivity index (χ1n) is 8.22. The molecule has 0 atom stereocenters. The molecule has 1 aromatic heterocycles. The van der Waals surface area contributed by atoms with Gasteiger partial charge in [-0.05, 0) is 53.6 Å². The lowest BCUT2D eigenvalue weighted by atomic mass is 9.93. The van der Waals surface area contributed by atoms with Crippen molar-refractivity contribution in [3.05, 3.63) is 59.4 Å². The zero-order valence-corrected chi connectivity index (χ0v) is 13.5. The van der Waals surface area contributed by atoms with Crippen LogP contribution in [-0.2, 0) is 6.54 Å². The van der Waals surface area contributed by atoms with Gasteiger partial charge in [-0.15, -0.1) is 0 Å². The van der Waals surface area contributed by atoms with Crippen LogP contribution in [0.25, 0.3) is 22.1 Å². The second kappa shape index (κ2) is 6.09. The molecule has 4 rings (SSSR count). The summed E-state index contributed by atoms with van der Waals surface area (Å²) in [6.45, 7) is 0.227. The first-order valence-corrected chi connectivity index (χ1v) is 8.22. The molecule has 5 heteroatoms. The fraction of sp³-hybridized carbons (Fsp3) is 0.200. The highest BCUT2D eigenvalue weighted by atomic mass is 16.4. The van der Waals surface area contributed by atoms with Gasteiger partial charge >= 0.3 is 6.09 Å². The van der Waals surface area contributed by atoms with Gasteiger partial charge in [-0.1, -0.05) is 18.2 Å². The maximum Gasteiger partial charge on any atom is 0.404 e. The minimum absolute atomic E-state index is 0.227. The normalized spacial score (nSPS) is 13.8. The van der Waals surface area contributed by atoms with Gasteiger partial charge in [-0.25, -0.2) is 4.79 Å². The molecule has 3 aromatic rings. The standard InChI is InChI=1S/C20H17NO4/c22-11-15-9-17(14-3-1-2-12(8-14)10-21-20(23)24)19-16(6-7-25-19)18(15)13-4-5-13/h1-3,6-9,11,13,21H,4-5,10H2,(H,23,24). The van der Waals surface area contributed by atoms with E-state index in [1.54, 1.807) is 6.26 Å². The Morgan fingerprint density at radius 2 is 2.12 bits per heavy atom. The first kappa shape index (κ1) is 15.4. The van der Waals surface area contributed by atoms with Gasteiger partial charge in [0.2, 0.25) is 0 Å². The zero-order chi connectivity index (χ0) is 17.4. The van der Waals surface area contributed by atoms with Gasteiger partial charge in [0.15, 0.2) is 0 Å². The smallest absolute Gasteiger partial charge is 0.404 e. The Balaban J connectivity index is 1.83. The number of fused-ring (bicyclic) bond motifs is 1. The fourth-order valence-corrected chi connectivity index (χ4v) is 3.35. The molecule has 2 N–H and O–H groups in total. The Bertz CT molecular complexity index is 969. The van der Waals surface area contributed by atoms with E-state index in [0.29, 0.717) is 11.5 Å². The minimum Gasteiger partial charge on any atom is -0.465 e. The molecule has 126 valence electrons. The molecule has 1 heterocycles. The van der Waals surface area contributed by atoms with Gasteiger partial charge in [-0.2, -0.15) is 0 Å². The maximum atomic E-state index is 11.6. The number of furan rings is 1. The highest BCUT2D eigenvalue weighted by Gasteiger charge is 2.29. The summed E-state index contributed by atoms with van der Waals surface area (Å²) in [5.74, 6) is 0.445. The number of carbonyl (C=O) groups excluding carboxylic acids is 1. The average Bonchev–Trinajstić information content (AvgIpc) is 3.34. The molecule has 5 nitrogen and oxygen atoms in total. The number of hydrogen-bond acceptors (Lipinski definition) is 3. The van der Waals surface area contributed by atoms with Crippen LogP contribution >= 0.6 is 0 Å². The molecule has 1 aliphatic rings. The van der Waals surface area contributed by atoms with Crippen LogP contribution in [0.3, 0.4) is 0 Å². The van der Waals surface area contributed by atoms with Crippen LogP contribution < -0.4 is 5.32 Å². The van der Waals surface area contributed by atoms with Crippen LogP contribution in [0.1, 0.15) is 40.2 Å². The predicted octanol–water partition coefficient (Wildman–Crippen LogP) is 4.56. The molecular weight excluding hydrogens is 318 g/mol. The summed E-state index contributed by atoms with van der Waals surface area (Å²) in [6, 6.07) is 11.4. The number of amides is 1. The van der Waals surface area contributed by atoms with Crippen LogP contribution in [0, 0.1) is 0 Å². The lowest BCUT2D eigenvalue weighted by Gasteiger charge is -2.11. The molecule has 0 unspecified atom stereocenters. The summed E-state index contributed by atoms with van der Waals surface area (Å²) in [4.78, 5) is 22.3. The van der Waals surface area contributed by atoms with Crippen LogP contribution in [0.2, 0.25) is 0 Å². The second-order valence-corrected chi connectivity index (χ2v) is 6.34. The Hall–Kier alpha value is -3.08. The van der Waals surface area contributed by atoms with Crippen molar-refractivity contribution in [1.82, 2.24) is 5.32 Å². The van der Waals surface area contributed by atoms with Crippen molar-refractivity contribution < 1.29 is 19.1 Å². The third-order valence-electron chi connectivity index (χ3n) is 4.61. The maximum absolute atomic E-state index is 11.6. The number of carbonyl (C=O) groups is 2. The van der Waals surface area contributed by atoms with E-state index in [1.165, 1.54) is 0 Å². The molecule has 25 heavy (non-hydrogen) atoms. The van der Waals surface area contributed by atoms with Gasteiger partial charge in [0, 0.05) is 23.1 Å². The summed E-state index contributed by atoms with van der Waals surface area (Å²) in [5, 5.41) is 12.1. The molecule has 2 aromatic carbocycles. The van der Waals surface area contributed by atoms with Crippen LogP contribution in [-0.4, -0.2) is 17.5 Å². The summed E-state index contributed by atoms with van der Waals surface area (Å²) in [7, 11) is 0. The van der Waals surface area contributed by atoms with Crippen molar-refractivity contribution in [2.75, 3.05) is 0 Å². The highest BCUT2D eigenvalue weighted by molar-refractivity contribution is 6.00.